The second-order valence-corrected chi connectivity index (χ2v) is 6.51. The van der Waals surface area contributed by atoms with Crippen LogP contribution in [0.2, 0.25) is 0 Å². The molecule has 2 saturated heterocycles. The van der Waals surface area contributed by atoms with Crippen molar-refractivity contribution in [2.45, 2.75) is 37.4 Å². The van der Waals surface area contributed by atoms with Gasteiger partial charge in [0.1, 0.15) is 6.61 Å². The summed E-state index contributed by atoms with van der Waals surface area (Å²) in [5, 5.41) is 9.30. The summed E-state index contributed by atoms with van der Waals surface area (Å²) in [6, 6.07) is -0.333. The number of aromatic nitrogens is 1. The number of amides is 1. The first-order valence-electron chi connectivity index (χ1n) is 7.86. The van der Waals surface area contributed by atoms with Crippen LogP contribution in [0.25, 0.3) is 0 Å². The first-order valence-corrected chi connectivity index (χ1v) is 7.86. The number of pyridine rings is 1. The number of rotatable bonds is 1. The lowest BCUT2D eigenvalue weighted by Crippen LogP contribution is -2.56. The Labute approximate surface area is 132 Å². The second kappa shape index (κ2) is 5.23. The summed E-state index contributed by atoms with van der Waals surface area (Å²) >= 11 is 0. The number of piperazine rings is 1. The number of carbonyl (C=O) groups is 1. The molecule has 0 radical (unpaired) electrons. The lowest BCUT2D eigenvalue weighted by molar-refractivity contribution is 0.114. The molecule has 8 heteroatoms. The zero-order valence-corrected chi connectivity index (χ0v) is 12.6. The Morgan fingerprint density at radius 2 is 2.09 bits per heavy atom. The van der Waals surface area contributed by atoms with E-state index in [-0.39, 0.29) is 29.7 Å². The smallest absolute Gasteiger partial charge is 0.407 e. The van der Waals surface area contributed by atoms with Crippen LogP contribution < -0.4 is 15.4 Å². The number of nitrogens with two attached hydrogens (primary N) is 1. The zero-order chi connectivity index (χ0) is 16.1. The van der Waals surface area contributed by atoms with Crippen molar-refractivity contribution < 1.29 is 19.0 Å². The summed E-state index contributed by atoms with van der Waals surface area (Å²) < 4.78 is 20.3. The van der Waals surface area contributed by atoms with Crippen LogP contribution >= 0.6 is 0 Å². The molecule has 4 rings (SSSR count). The van der Waals surface area contributed by atoms with Gasteiger partial charge < -0.3 is 20.5 Å². The fourth-order valence-corrected chi connectivity index (χ4v) is 3.94. The highest BCUT2D eigenvalue weighted by molar-refractivity contribution is 5.67. The molecule has 2 bridgehead atoms. The van der Waals surface area contributed by atoms with Crippen molar-refractivity contribution in [3.05, 3.63) is 17.6 Å². The molecule has 0 spiro atoms. The molecule has 1 aromatic rings. The molecular formula is C15H19FN4O3. The summed E-state index contributed by atoms with van der Waals surface area (Å²) in [4.78, 5) is 18.9. The van der Waals surface area contributed by atoms with E-state index in [9.17, 15) is 14.3 Å². The van der Waals surface area contributed by atoms with Gasteiger partial charge in [-0.2, -0.15) is 4.39 Å². The standard InChI is InChI=1S/C15H19FN4O3/c16-12-13-8(3-9(17)7-23-13)4-18-14(12)19-5-10-1-2-11(6-19)20(10)15(21)22/h4,9-11H,1-3,5-7,17H2,(H,21,22)/t9-,10?,11?/m1/s1. The number of fused-ring (bicyclic) bond motifs is 3. The van der Waals surface area contributed by atoms with Crippen molar-refractivity contribution in [3.63, 3.8) is 0 Å². The molecule has 3 atom stereocenters. The van der Waals surface area contributed by atoms with E-state index in [1.54, 1.807) is 6.20 Å². The van der Waals surface area contributed by atoms with Gasteiger partial charge >= 0.3 is 6.09 Å². The van der Waals surface area contributed by atoms with Gasteiger partial charge in [-0.15, -0.1) is 0 Å². The van der Waals surface area contributed by atoms with Gasteiger partial charge in [-0.1, -0.05) is 0 Å². The number of nitrogens with zero attached hydrogens (tertiary/aromatic N) is 3. The summed E-state index contributed by atoms with van der Waals surface area (Å²) in [6.07, 6.45) is 2.90. The molecule has 3 aliphatic rings. The predicted octanol–water partition coefficient (Wildman–Crippen LogP) is 0.814. The second-order valence-electron chi connectivity index (χ2n) is 6.51. The Bertz CT molecular complexity index is 642. The Balaban J connectivity index is 1.62. The molecule has 0 aromatic carbocycles. The van der Waals surface area contributed by atoms with Crippen LogP contribution in [-0.4, -0.2) is 58.9 Å². The van der Waals surface area contributed by atoms with Gasteiger partial charge in [0.2, 0.25) is 5.82 Å². The van der Waals surface area contributed by atoms with Gasteiger partial charge in [-0.3, -0.25) is 4.90 Å². The number of hydrogen-bond donors (Lipinski definition) is 2. The van der Waals surface area contributed by atoms with Crippen molar-refractivity contribution in [2.75, 3.05) is 24.6 Å². The molecule has 4 heterocycles. The third-order valence-electron chi connectivity index (χ3n) is 4.96. The monoisotopic (exact) mass is 322 g/mol. The predicted molar refractivity (Wildman–Crippen MR) is 80.3 cm³/mol. The Hall–Kier alpha value is -2.09. The van der Waals surface area contributed by atoms with E-state index in [2.05, 4.69) is 4.98 Å². The fraction of sp³-hybridized carbons (Fsp3) is 0.600. The summed E-state index contributed by atoms with van der Waals surface area (Å²) in [5.74, 6) is 0.0310. The minimum absolute atomic E-state index is 0.0992. The molecule has 0 saturated carbocycles. The van der Waals surface area contributed by atoms with Crippen molar-refractivity contribution in [1.29, 1.82) is 0 Å². The molecule has 2 unspecified atom stereocenters. The largest absolute Gasteiger partial charge is 0.488 e. The number of ether oxygens (including phenoxy) is 1. The number of anilines is 1. The Morgan fingerprint density at radius 1 is 1.39 bits per heavy atom. The molecule has 2 fully saturated rings. The van der Waals surface area contributed by atoms with E-state index in [0.29, 0.717) is 31.7 Å². The number of hydrogen-bond acceptors (Lipinski definition) is 5. The van der Waals surface area contributed by atoms with Crippen LogP contribution in [0.4, 0.5) is 15.0 Å². The van der Waals surface area contributed by atoms with E-state index in [4.69, 9.17) is 10.5 Å². The molecular weight excluding hydrogens is 303 g/mol. The maximum absolute atomic E-state index is 14.8. The van der Waals surface area contributed by atoms with E-state index < -0.39 is 11.9 Å². The first-order chi connectivity index (χ1) is 11.0. The average molecular weight is 322 g/mol. The van der Waals surface area contributed by atoms with Crippen LogP contribution in [0.15, 0.2) is 6.20 Å². The highest BCUT2D eigenvalue weighted by Gasteiger charge is 2.43. The minimum atomic E-state index is -0.895. The SMILES string of the molecule is N[C@H]1COc2c(cnc(N3CC4CCC(C3)N4C(=O)O)c2F)C1. The van der Waals surface area contributed by atoms with Gasteiger partial charge in [0.15, 0.2) is 11.6 Å². The highest BCUT2D eigenvalue weighted by atomic mass is 19.1. The van der Waals surface area contributed by atoms with Crippen LogP contribution in [-0.2, 0) is 6.42 Å². The van der Waals surface area contributed by atoms with Crippen molar-refractivity contribution in [2.24, 2.45) is 5.73 Å². The first kappa shape index (κ1) is 14.5. The van der Waals surface area contributed by atoms with Crippen molar-refractivity contribution in [3.8, 4) is 5.75 Å². The third kappa shape index (κ3) is 2.28. The Kier molecular flexibility index (Phi) is 3.29. The van der Waals surface area contributed by atoms with Gasteiger partial charge in [-0.05, 0) is 19.3 Å². The molecule has 3 N–H and O–H groups in total. The fourth-order valence-electron chi connectivity index (χ4n) is 3.94. The minimum Gasteiger partial charge on any atom is -0.488 e. The summed E-state index contributed by atoms with van der Waals surface area (Å²) in [6.45, 7) is 1.22. The Morgan fingerprint density at radius 3 is 2.74 bits per heavy atom. The maximum Gasteiger partial charge on any atom is 0.407 e. The topological polar surface area (TPSA) is 91.9 Å². The molecule has 1 amide bonds. The third-order valence-corrected chi connectivity index (χ3v) is 4.96. The summed E-state index contributed by atoms with van der Waals surface area (Å²) in [7, 11) is 0. The summed E-state index contributed by atoms with van der Waals surface area (Å²) in [5.41, 5.74) is 6.51. The number of carboxylic acid groups (broad SMARTS) is 1. The van der Waals surface area contributed by atoms with Crippen molar-refractivity contribution in [1.82, 2.24) is 9.88 Å². The van der Waals surface area contributed by atoms with Crippen LogP contribution in [0.5, 0.6) is 5.75 Å². The van der Waals surface area contributed by atoms with Crippen LogP contribution in [0.3, 0.4) is 0 Å². The molecule has 23 heavy (non-hydrogen) atoms. The quantitative estimate of drug-likeness (QED) is 0.795. The molecule has 124 valence electrons. The van der Waals surface area contributed by atoms with Crippen LogP contribution in [0, 0.1) is 5.82 Å². The van der Waals surface area contributed by atoms with Crippen molar-refractivity contribution >= 4 is 11.9 Å². The lowest BCUT2D eigenvalue weighted by atomic mass is 10.0. The molecule has 1 aromatic heterocycles. The average Bonchev–Trinajstić information content (AvgIpc) is 2.78. The van der Waals surface area contributed by atoms with Crippen LogP contribution in [0.1, 0.15) is 18.4 Å². The van der Waals surface area contributed by atoms with Gasteiger partial charge in [0, 0.05) is 30.9 Å². The van der Waals surface area contributed by atoms with E-state index in [0.717, 1.165) is 12.8 Å². The van der Waals surface area contributed by atoms with Gasteiger partial charge in [-0.25, -0.2) is 9.78 Å². The highest BCUT2D eigenvalue weighted by Crippen LogP contribution is 2.36. The van der Waals surface area contributed by atoms with E-state index in [1.807, 2.05) is 4.90 Å². The lowest BCUT2D eigenvalue weighted by Gasteiger charge is -2.40. The van der Waals surface area contributed by atoms with Gasteiger partial charge in [0.25, 0.3) is 0 Å². The molecule has 7 nitrogen and oxygen atoms in total. The zero-order valence-electron chi connectivity index (χ0n) is 12.6. The molecule has 0 aliphatic carbocycles. The number of halogens is 1. The molecule has 3 aliphatic heterocycles. The van der Waals surface area contributed by atoms with E-state index >= 15 is 0 Å². The maximum atomic E-state index is 14.8. The normalized spacial score (nSPS) is 29.2. The van der Waals surface area contributed by atoms with E-state index in [1.165, 1.54) is 4.90 Å². The van der Waals surface area contributed by atoms with Gasteiger partial charge in [0.05, 0.1) is 12.1 Å².